The standard InChI is InChI=1S/C19H16Cl2O3S/c1-3-13(19(22)23)24-14-9-12-10(2)17(11-7-5-4-6-8-11)25-18(12)16(21)15(14)20/h4-9,13H,3H2,1-2H3,(H,22,23). The summed E-state index contributed by atoms with van der Waals surface area (Å²) < 4.78 is 6.48. The number of aryl methyl sites for hydroxylation is 1. The average Bonchev–Trinajstić information content (AvgIpc) is 2.94. The number of thiophene rings is 1. The molecule has 0 aliphatic rings. The Hall–Kier alpha value is -1.75. The lowest BCUT2D eigenvalue weighted by Gasteiger charge is -2.15. The van der Waals surface area contributed by atoms with Crippen molar-refractivity contribution in [2.75, 3.05) is 0 Å². The number of ether oxygens (including phenoxy) is 1. The third-order valence-corrected chi connectivity index (χ3v) is 6.36. The highest BCUT2D eigenvalue weighted by Gasteiger charge is 2.22. The van der Waals surface area contributed by atoms with Gasteiger partial charge in [0.25, 0.3) is 0 Å². The number of benzene rings is 2. The lowest BCUT2D eigenvalue weighted by molar-refractivity contribution is -0.145. The van der Waals surface area contributed by atoms with Crippen LogP contribution >= 0.6 is 34.5 Å². The fourth-order valence-corrected chi connectivity index (χ4v) is 4.47. The van der Waals surface area contributed by atoms with E-state index < -0.39 is 12.1 Å². The van der Waals surface area contributed by atoms with Crippen molar-refractivity contribution in [1.82, 2.24) is 0 Å². The summed E-state index contributed by atoms with van der Waals surface area (Å²) in [5, 5.41) is 10.8. The molecule has 1 unspecified atom stereocenters. The van der Waals surface area contributed by atoms with Crippen LogP contribution in [-0.4, -0.2) is 17.2 Å². The molecule has 0 saturated heterocycles. The van der Waals surface area contributed by atoms with Gasteiger partial charge in [0.1, 0.15) is 10.8 Å². The summed E-state index contributed by atoms with van der Waals surface area (Å²) in [6.07, 6.45) is -0.627. The zero-order valence-electron chi connectivity index (χ0n) is 13.7. The van der Waals surface area contributed by atoms with Crippen LogP contribution in [0.5, 0.6) is 5.75 Å². The van der Waals surface area contributed by atoms with E-state index in [1.54, 1.807) is 24.3 Å². The molecular weight excluding hydrogens is 379 g/mol. The maximum Gasteiger partial charge on any atom is 0.344 e. The summed E-state index contributed by atoms with van der Waals surface area (Å²) in [6, 6.07) is 11.8. The number of hydrogen-bond donors (Lipinski definition) is 1. The first kappa shape index (κ1) is 18.1. The van der Waals surface area contributed by atoms with Crippen molar-refractivity contribution in [2.24, 2.45) is 0 Å². The Morgan fingerprint density at radius 2 is 1.92 bits per heavy atom. The molecule has 0 bridgehead atoms. The van der Waals surface area contributed by atoms with E-state index in [0.29, 0.717) is 17.2 Å². The summed E-state index contributed by atoms with van der Waals surface area (Å²) in [5.74, 6) is -0.726. The molecule has 3 rings (SSSR count). The minimum absolute atomic E-state index is 0.245. The van der Waals surface area contributed by atoms with Gasteiger partial charge in [-0.3, -0.25) is 0 Å². The molecule has 1 atom stereocenters. The van der Waals surface area contributed by atoms with E-state index in [2.05, 4.69) is 0 Å². The molecule has 0 spiro atoms. The van der Waals surface area contributed by atoms with E-state index in [0.717, 1.165) is 26.1 Å². The van der Waals surface area contributed by atoms with Gasteiger partial charge in [0.2, 0.25) is 0 Å². The van der Waals surface area contributed by atoms with Crippen molar-refractivity contribution in [3.05, 3.63) is 52.0 Å². The number of carbonyl (C=O) groups is 1. The lowest BCUT2D eigenvalue weighted by atomic mass is 10.1. The second kappa shape index (κ2) is 7.24. The van der Waals surface area contributed by atoms with Crippen molar-refractivity contribution < 1.29 is 14.6 Å². The summed E-state index contributed by atoms with van der Waals surface area (Å²) in [5.41, 5.74) is 2.17. The molecule has 1 N–H and O–H groups in total. The van der Waals surface area contributed by atoms with Crippen molar-refractivity contribution in [1.29, 1.82) is 0 Å². The normalized spacial score (nSPS) is 12.3. The maximum atomic E-state index is 11.3. The van der Waals surface area contributed by atoms with Crippen LogP contribution in [0.1, 0.15) is 18.9 Å². The van der Waals surface area contributed by atoms with Gasteiger partial charge in [-0.1, -0.05) is 60.5 Å². The summed E-state index contributed by atoms with van der Waals surface area (Å²) >= 11 is 14.4. The molecule has 0 aliphatic heterocycles. The molecule has 2 aromatic carbocycles. The molecule has 1 heterocycles. The quantitative estimate of drug-likeness (QED) is 0.542. The first-order valence-electron chi connectivity index (χ1n) is 7.80. The van der Waals surface area contributed by atoms with E-state index in [9.17, 15) is 9.90 Å². The predicted octanol–water partition coefficient (Wildman–Crippen LogP) is 6.43. The number of aliphatic carboxylic acids is 1. The zero-order valence-corrected chi connectivity index (χ0v) is 16.0. The van der Waals surface area contributed by atoms with Crippen molar-refractivity contribution in [2.45, 2.75) is 26.4 Å². The highest BCUT2D eigenvalue weighted by atomic mass is 35.5. The van der Waals surface area contributed by atoms with Crippen LogP contribution in [0.15, 0.2) is 36.4 Å². The molecule has 0 aliphatic carbocycles. The molecular formula is C19H16Cl2O3S. The highest BCUT2D eigenvalue weighted by Crippen LogP contribution is 2.47. The van der Waals surface area contributed by atoms with Gasteiger partial charge in [-0.25, -0.2) is 4.79 Å². The maximum absolute atomic E-state index is 11.3. The van der Waals surface area contributed by atoms with Gasteiger partial charge in [-0.2, -0.15) is 0 Å². The average molecular weight is 395 g/mol. The topological polar surface area (TPSA) is 46.5 Å². The summed E-state index contributed by atoms with van der Waals surface area (Å²) in [7, 11) is 0. The van der Waals surface area contributed by atoms with Gasteiger partial charge in [0, 0.05) is 10.3 Å². The number of halogens is 2. The van der Waals surface area contributed by atoms with Gasteiger partial charge < -0.3 is 9.84 Å². The molecule has 0 radical (unpaired) electrons. The van der Waals surface area contributed by atoms with Gasteiger partial charge in [0.15, 0.2) is 6.10 Å². The number of fused-ring (bicyclic) bond motifs is 1. The van der Waals surface area contributed by atoms with Crippen molar-refractivity contribution in [3.63, 3.8) is 0 Å². The number of hydrogen-bond acceptors (Lipinski definition) is 3. The Kier molecular flexibility index (Phi) is 5.23. The first-order chi connectivity index (χ1) is 11.9. The monoisotopic (exact) mass is 394 g/mol. The Bertz CT molecular complexity index is 935. The third-order valence-electron chi connectivity index (χ3n) is 4.03. The van der Waals surface area contributed by atoms with E-state index in [1.165, 1.54) is 0 Å². The highest BCUT2D eigenvalue weighted by molar-refractivity contribution is 7.23. The second-order valence-corrected chi connectivity index (χ2v) is 7.43. The molecule has 3 aromatic rings. The van der Waals surface area contributed by atoms with E-state index >= 15 is 0 Å². The Balaban J connectivity index is 2.15. The molecule has 25 heavy (non-hydrogen) atoms. The summed E-state index contributed by atoms with van der Waals surface area (Å²) in [4.78, 5) is 12.4. The van der Waals surface area contributed by atoms with E-state index in [4.69, 9.17) is 27.9 Å². The largest absolute Gasteiger partial charge is 0.479 e. The number of carboxylic acids is 1. The summed E-state index contributed by atoms with van der Waals surface area (Å²) in [6.45, 7) is 3.76. The third kappa shape index (κ3) is 3.34. The van der Waals surface area contributed by atoms with Crippen LogP contribution in [0.2, 0.25) is 10.0 Å². The number of carboxylic acid groups (broad SMARTS) is 1. The minimum atomic E-state index is -1.03. The molecule has 3 nitrogen and oxygen atoms in total. The molecule has 0 saturated carbocycles. The van der Waals surface area contributed by atoms with Gasteiger partial charge in [0.05, 0.1) is 9.72 Å². The predicted molar refractivity (Wildman–Crippen MR) is 104 cm³/mol. The van der Waals surface area contributed by atoms with Crippen LogP contribution in [0, 0.1) is 6.92 Å². The second-order valence-electron chi connectivity index (χ2n) is 5.65. The molecule has 0 amide bonds. The van der Waals surface area contributed by atoms with Crippen molar-refractivity contribution in [3.8, 4) is 16.2 Å². The SMILES string of the molecule is CCC(Oc1cc2c(C)c(-c3ccccc3)sc2c(Cl)c1Cl)C(=O)O. The van der Waals surface area contributed by atoms with Crippen LogP contribution in [0.25, 0.3) is 20.5 Å². The Morgan fingerprint density at radius 1 is 1.24 bits per heavy atom. The molecule has 0 fully saturated rings. The Labute approximate surface area is 159 Å². The van der Waals surface area contributed by atoms with E-state index in [1.807, 2.05) is 37.3 Å². The number of rotatable bonds is 5. The molecule has 1 aromatic heterocycles. The minimum Gasteiger partial charge on any atom is -0.479 e. The fraction of sp³-hybridized carbons (Fsp3) is 0.211. The Morgan fingerprint density at radius 3 is 2.52 bits per heavy atom. The fourth-order valence-electron chi connectivity index (χ4n) is 2.68. The molecule has 6 heteroatoms. The van der Waals surface area contributed by atoms with Crippen molar-refractivity contribution >= 4 is 50.6 Å². The zero-order chi connectivity index (χ0) is 18.1. The van der Waals surface area contributed by atoms with Crippen LogP contribution < -0.4 is 4.74 Å². The first-order valence-corrected chi connectivity index (χ1v) is 9.37. The van der Waals surface area contributed by atoms with Crippen LogP contribution in [-0.2, 0) is 4.79 Å². The smallest absolute Gasteiger partial charge is 0.344 e. The van der Waals surface area contributed by atoms with Gasteiger partial charge in [-0.15, -0.1) is 11.3 Å². The van der Waals surface area contributed by atoms with Gasteiger partial charge in [-0.05, 0) is 30.5 Å². The lowest BCUT2D eigenvalue weighted by Crippen LogP contribution is -2.26. The van der Waals surface area contributed by atoms with Crippen LogP contribution in [0.4, 0.5) is 0 Å². The van der Waals surface area contributed by atoms with Crippen LogP contribution in [0.3, 0.4) is 0 Å². The molecule has 130 valence electrons. The van der Waals surface area contributed by atoms with Gasteiger partial charge >= 0.3 is 5.97 Å². The van der Waals surface area contributed by atoms with E-state index in [-0.39, 0.29) is 5.02 Å².